The molecule has 5 nitrogen and oxygen atoms in total. The molecule has 0 bridgehead atoms. The number of likely N-dealkylation sites (tertiary alicyclic amines) is 1. The summed E-state index contributed by atoms with van der Waals surface area (Å²) >= 11 is 0. The lowest BCUT2D eigenvalue weighted by atomic mass is 10.1. The number of nitrogens with one attached hydrogen (secondary N) is 2. The Balaban J connectivity index is 2.28. The summed E-state index contributed by atoms with van der Waals surface area (Å²) in [5, 5.41) is 5.76. The Morgan fingerprint density at radius 3 is 2.78 bits per heavy atom. The second-order valence-electron chi connectivity index (χ2n) is 5.93. The van der Waals surface area contributed by atoms with Gasteiger partial charge in [0.05, 0.1) is 0 Å². The zero-order valence-corrected chi connectivity index (χ0v) is 11.5. The van der Waals surface area contributed by atoms with Gasteiger partial charge in [-0.25, -0.2) is 9.18 Å². The second-order valence-corrected chi connectivity index (χ2v) is 5.93. The van der Waals surface area contributed by atoms with E-state index in [-0.39, 0.29) is 24.2 Å². The minimum Gasteiger partial charge on any atom is -0.334 e. The predicted molar refractivity (Wildman–Crippen MR) is 70.2 cm³/mol. The molecule has 0 aromatic carbocycles. The first kappa shape index (κ1) is 15.2. The molecule has 1 aliphatic rings. The number of urea groups is 1. The van der Waals surface area contributed by atoms with Gasteiger partial charge in [0, 0.05) is 37.8 Å². The van der Waals surface area contributed by atoms with Crippen molar-refractivity contribution in [2.45, 2.75) is 44.9 Å². The third-order valence-corrected chi connectivity index (χ3v) is 2.81. The van der Waals surface area contributed by atoms with Crippen LogP contribution in [0, 0.1) is 0 Å². The smallest absolute Gasteiger partial charge is 0.315 e. The number of hydrogen-bond acceptors (Lipinski definition) is 3. The highest BCUT2D eigenvalue weighted by atomic mass is 19.1. The van der Waals surface area contributed by atoms with Gasteiger partial charge >= 0.3 is 6.03 Å². The molecule has 6 heteroatoms. The van der Waals surface area contributed by atoms with Crippen LogP contribution in [0.5, 0.6) is 0 Å². The van der Waals surface area contributed by atoms with Crippen molar-refractivity contribution < 1.29 is 9.18 Å². The average Bonchev–Trinajstić information content (AvgIpc) is 2.62. The Bertz CT molecular complexity index is 280. The van der Waals surface area contributed by atoms with E-state index in [0.717, 1.165) is 13.0 Å². The van der Waals surface area contributed by atoms with Gasteiger partial charge in [-0.3, -0.25) is 4.90 Å². The topological polar surface area (TPSA) is 70.4 Å². The van der Waals surface area contributed by atoms with Crippen molar-refractivity contribution in [1.29, 1.82) is 0 Å². The van der Waals surface area contributed by atoms with Crippen LogP contribution in [-0.2, 0) is 0 Å². The van der Waals surface area contributed by atoms with Crippen molar-refractivity contribution in [1.82, 2.24) is 15.5 Å². The maximum Gasteiger partial charge on any atom is 0.315 e. The number of nitrogens with two attached hydrogens (primary N) is 1. The van der Waals surface area contributed by atoms with Gasteiger partial charge in [0.2, 0.25) is 0 Å². The minimum absolute atomic E-state index is 0.0547. The SMILES string of the molecule is CC(C)(C)NC(=O)N[C@H]1CCN(C[C@H](F)CN)C1. The Kier molecular flexibility index (Phi) is 5.34. The highest BCUT2D eigenvalue weighted by Crippen LogP contribution is 2.10. The number of hydrogen-bond donors (Lipinski definition) is 3. The molecule has 0 aromatic heterocycles. The van der Waals surface area contributed by atoms with Crippen LogP contribution < -0.4 is 16.4 Å². The predicted octanol–water partition coefficient (Wildman–Crippen LogP) is 0.455. The van der Waals surface area contributed by atoms with E-state index in [9.17, 15) is 9.18 Å². The highest BCUT2D eigenvalue weighted by molar-refractivity contribution is 5.75. The first-order valence-electron chi connectivity index (χ1n) is 6.45. The fourth-order valence-electron chi connectivity index (χ4n) is 2.03. The number of amides is 2. The van der Waals surface area contributed by atoms with Crippen molar-refractivity contribution in [2.24, 2.45) is 5.73 Å². The molecule has 1 rings (SSSR count). The number of nitrogens with zero attached hydrogens (tertiary/aromatic N) is 1. The monoisotopic (exact) mass is 260 g/mol. The summed E-state index contributed by atoms with van der Waals surface area (Å²) in [6, 6.07) is -0.0673. The average molecular weight is 260 g/mol. The molecule has 4 N–H and O–H groups in total. The lowest BCUT2D eigenvalue weighted by molar-refractivity contribution is 0.216. The van der Waals surface area contributed by atoms with Gasteiger partial charge in [0.1, 0.15) is 6.17 Å². The maximum absolute atomic E-state index is 13.1. The largest absolute Gasteiger partial charge is 0.334 e. The van der Waals surface area contributed by atoms with E-state index < -0.39 is 6.17 Å². The van der Waals surface area contributed by atoms with Gasteiger partial charge in [0.15, 0.2) is 0 Å². The lowest BCUT2D eigenvalue weighted by Gasteiger charge is -2.23. The summed E-state index contributed by atoms with van der Waals surface area (Å²) in [6.07, 6.45) is -0.123. The summed E-state index contributed by atoms with van der Waals surface area (Å²) < 4.78 is 13.1. The van der Waals surface area contributed by atoms with Crippen molar-refractivity contribution in [3.63, 3.8) is 0 Å². The van der Waals surface area contributed by atoms with E-state index in [4.69, 9.17) is 5.73 Å². The molecule has 0 radical (unpaired) electrons. The molecule has 0 aliphatic carbocycles. The van der Waals surface area contributed by atoms with Gasteiger partial charge < -0.3 is 16.4 Å². The molecule has 1 aliphatic heterocycles. The Hall–Kier alpha value is -0.880. The zero-order chi connectivity index (χ0) is 13.8. The summed E-state index contributed by atoms with van der Waals surface area (Å²) in [6.45, 7) is 7.71. The normalized spacial score (nSPS) is 22.8. The highest BCUT2D eigenvalue weighted by Gasteiger charge is 2.26. The maximum atomic E-state index is 13.1. The molecular formula is C12H25FN4O. The van der Waals surface area contributed by atoms with Crippen LogP contribution in [-0.4, -0.2) is 54.9 Å². The first-order valence-corrected chi connectivity index (χ1v) is 6.45. The number of carbonyl (C=O) groups is 1. The van der Waals surface area contributed by atoms with E-state index in [1.165, 1.54) is 0 Å². The van der Waals surface area contributed by atoms with Crippen LogP contribution >= 0.6 is 0 Å². The molecule has 1 fully saturated rings. The zero-order valence-electron chi connectivity index (χ0n) is 11.5. The first-order chi connectivity index (χ1) is 8.30. The third-order valence-electron chi connectivity index (χ3n) is 2.81. The van der Waals surface area contributed by atoms with E-state index in [0.29, 0.717) is 13.1 Å². The molecule has 1 saturated heterocycles. The van der Waals surface area contributed by atoms with Gasteiger partial charge in [-0.05, 0) is 27.2 Å². The number of rotatable bonds is 4. The molecule has 0 spiro atoms. The number of carbonyl (C=O) groups excluding carboxylic acids is 1. The lowest BCUT2D eigenvalue weighted by Crippen LogP contribution is -2.50. The Labute approximate surface area is 108 Å². The third kappa shape index (κ3) is 5.64. The van der Waals surface area contributed by atoms with Gasteiger partial charge in [-0.2, -0.15) is 0 Å². The molecule has 18 heavy (non-hydrogen) atoms. The van der Waals surface area contributed by atoms with Crippen LogP contribution in [0.4, 0.5) is 9.18 Å². The summed E-state index contributed by atoms with van der Waals surface area (Å²) in [4.78, 5) is 13.7. The van der Waals surface area contributed by atoms with Crippen molar-refractivity contribution >= 4 is 6.03 Å². The molecule has 2 atom stereocenters. The molecular weight excluding hydrogens is 235 g/mol. The fraction of sp³-hybridized carbons (Fsp3) is 0.917. The van der Waals surface area contributed by atoms with Gasteiger partial charge in [-0.1, -0.05) is 0 Å². The van der Waals surface area contributed by atoms with Crippen molar-refractivity contribution in [3.05, 3.63) is 0 Å². The number of halogens is 1. The summed E-state index contributed by atoms with van der Waals surface area (Å²) in [5.41, 5.74) is 5.01. The Morgan fingerprint density at radius 1 is 1.56 bits per heavy atom. The van der Waals surface area contributed by atoms with E-state index >= 15 is 0 Å². The van der Waals surface area contributed by atoms with E-state index in [1.807, 2.05) is 25.7 Å². The second kappa shape index (κ2) is 6.33. The molecule has 0 aromatic rings. The van der Waals surface area contributed by atoms with E-state index in [1.54, 1.807) is 0 Å². The van der Waals surface area contributed by atoms with Gasteiger partial charge in [0.25, 0.3) is 0 Å². The fourth-order valence-corrected chi connectivity index (χ4v) is 2.03. The molecule has 0 unspecified atom stereocenters. The Morgan fingerprint density at radius 2 is 2.22 bits per heavy atom. The van der Waals surface area contributed by atoms with Gasteiger partial charge in [-0.15, -0.1) is 0 Å². The van der Waals surface area contributed by atoms with Crippen LogP contribution in [0.3, 0.4) is 0 Å². The molecule has 0 saturated carbocycles. The quantitative estimate of drug-likeness (QED) is 0.687. The van der Waals surface area contributed by atoms with Crippen LogP contribution in [0.15, 0.2) is 0 Å². The minimum atomic E-state index is -0.979. The summed E-state index contributed by atoms with van der Waals surface area (Å²) in [5.74, 6) is 0. The molecule has 106 valence electrons. The summed E-state index contributed by atoms with van der Waals surface area (Å²) in [7, 11) is 0. The van der Waals surface area contributed by atoms with Crippen LogP contribution in [0.25, 0.3) is 0 Å². The van der Waals surface area contributed by atoms with Crippen LogP contribution in [0.1, 0.15) is 27.2 Å². The van der Waals surface area contributed by atoms with Crippen molar-refractivity contribution in [2.75, 3.05) is 26.2 Å². The molecule has 1 heterocycles. The molecule has 2 amide bonds. The number of alkyl halides is 1. The van der Waals surface area contributed by atoms with Crippen molar-refractivity contribution in [3.8, 4) is 0 Å². The standard InChI is InChI=1S/C12H25FN4O/c1-12(2,3)16-11(18)15-10-4-5-17(8-10)7-9(13)6-14/h9-10H,4-8,14H2,1-3H3,(H2,15,16,18)/t9-,10+/m1/s1. The van der Waals surface area contributed by atoms with E-state index in [2.05, 4.69) is 10.6 Å². The van der Waals surface area contributed by atoms with Crippen LogP contribution in [0.2, 0.25) is 0 Å².